The summed E-state index contributed by atoms with van der Waals surface area (Å²) in [7, 11) is 0. The lowest BCUT2D eigenvalue weighted by Crippen LogP contribution is -2.48. The zero-order valence-electron chi connectivity index (χ0n) is 9.93. The highest BCUT2D eigenvalue weighted by Gasteiger charge is 2.18. The summed E-state index contributed by atoms with van der Waals surface area (Å²) >= 11 is 0. The van der Waals surface area contributed by atoms with E-state index in [0.29, 0.717) is 5.56 Å². The molecular formula is C13H16N2O2. The Hall–Kier alpha value is -1.84. The van der Waals surface area contributed by atoms with Crippen molar-refractivity contribution in [3.63, 3.8) is 0 Å². The maximum absolute atomic E-state index is 11.2. The molecule has 4 nitrogen and oxygen atoms in total. The summed E-state index contributed by atoms with van der Waals surface area (Å²) in [5.74, 6) is 0.140. The second-order valence-corrected chi connectivity index (χ2v) is 4.20. The molecule has 17 heavy (non-hydrogen) atoms. The molecule has 1 aromatic carbocycles. The molecule has 2 rings (SSSR count). The SMILES string of the molecule is CC(=O)N1CCN(c2ccc(C=O)cc2)CC1. The van der Waals surface area contributed by atoms with Crippen LogP contribution in [0.4, 0.5) is 5.69 Å². The molecule has 90 valence electrons. The molecule has 0 atom stereocenters. The van der Waals surface area contributed by atoms with Crippen molar-refractivity contribution in [3.05, 3.63) is 29.8 Å². The molecule has 1 heterocycles. The molecule has 0 spiro atoms. The first-order valence-corrected chi connectivity index (χ1v) is 5.76. The minimum absolute atomic E-state index is 0.140. The number of carbonyl (C=O) groups is 2. The molecule has 1 aliphatic heterocycles. The number of hydrogen-bond acceptors (Lipinski definition) is 3. The third kappa shape index (κ3) is 2.64. The standard InChI is InChI=1S/C13H16N2O2/c1-11(17)14-6-8-15(9-7-14)13-4-2-12(10-16)3-5-13/h2-5,10H,6-9H2,1H3. The summed E-state index contributed by atoms with van der Waals surface area (Å²) in [5.41, 5.74) is 1.80. The van der Waals surface area contributed by atoms with Gasteiger partial charge in [-0.2, -0.15) is 0 Å². The summed E-state index contributed by atoms with van der Waals surface area (Å²) in [5, 5.41) is 0. The van der Waals surface area contributed by atoms with Crippen LogP contribution >= 0.6 is 0 Å². The lowest BCUT2D eigenvalue weighted by atomic mass is 10.2. The van der Waals surface area contributed by atoms with Crippen molar-refractivity contribution in [1.82, 2.24) is 4.90 Å². The monoisotopic (exact) mass is 232 g/mol. The number of amides is 1. The number of anilines is 1. The zero-order valence-corrected chi connectivity index (χ0v) is 9.93. The molecule has 0 N–H and O–H groups in total. The molecule has 1 aromatic rings. The number of nitrogens with zero attached hydrogens (tertiary/aromatic N) is 2. The van der Waals surface area contributed by atoms with Crippen LogP contribution in [0.2, 0.25) is 0 Å². The summed E-state index contributed by atoms with van der Waals surface area (Å²) in [6, 6.07) is 7.54. The molecule has 1 saturated heterocycles. The van der Waals surface area contributed by atoms with Gasteiger partial charge in [-0.15, -0.1) is 0 Å². The van der Waals surface area contributed by atoms with Gasteiger partial charge >= 0.3 is 0 Å². The smallest absolute Gasteiger partial charge is 0.219 e. The van der Waals surface area contributed by atoms with Crippen LogP contribution in [0.5, 0.6) is 0 Å². The van der Waals surface area contributed by atoms with Crippen molar-refractivity contribution in [1.29, 1.82) is 0 Å². The molecule has 0 radical (unpaired) electrons. The van der Waals surface area contributed by atoms with Gasteiger partial charge in [0.25, 0.3) is 0 Å². The summed E-state index contributed by atoms with van der Waals surface area (Å²) in [6.45, 7) is 4.84. The molecule has 0 aromatic heterocycles. The lowest BCUT2D eigenvalue weighted by Gasteiger charge is -2.35. The van der Waals surface area contributed by atoms with E-state index in [1.165, 1.54) is 0 Å². The minimum Gasteiger partial charge on any atom is -0.368 e. The average Bonchev–Trinajstić information content (AvgIpc) is 2.39. The van der Waals surface area contributed by atoms with E-state index in [1.54, 1.807) is 6.92 Å². The van der Waals surface area contributed by atoms with Gasteiger partial charge in [-0.1, -0.05) is 0 Å². The number of aldehydes is 1. The minimum atomic E-state index is 0.140. The maximum Gasteiger partial charge on any atom is 0.219 e. The van der Waals surface area contributed by atoms with Crippen molar-refractivity contribution >= 4 is 17.9 Å². The fourth-order valence-corrected chi connectivity index (χ4v) is 2.04. The average molecular weight is 232 g/mol. The topological polar surface area (TPSA) is 40.6 Å². The molecule has 0 bridgehead atoms. The Morgan fingerprint density at radius 2 is 1.71 bits per heavy atom. The third-order valence-corrected chi connectivity index (χ3v) is 3.12. The van der Waals surface area contributed by atoms with E-state index in [0.717, 1.165) is 38.2 Å². The fourth-order valence-electron chi connectivity index (χ4n) is 2.04. The molecule has 1 aliphatic rings. The van der Waals surface area contributed by atoms with Crippen LogP contribution in [0.15, 0.2) is 24.3 Å². The number of rotatable bonds is 2. The van der Waals surface area contributed by atoms with Crippen LogP contribution < -0.4 is 4.90 Å². The Kier molecular flexibility index (Phi) is 3.42. The molecule has 0 saturated carbocycles. The van der Waals surface area contributed by atoms with Gasteiger partial charge in [-0.3, -0.25) is 9.59 Å². The highest BCUT2D eigenvalue weighted by molar-refractivity contribution is 5.76. The number of piperazine rings is 1. The molecule has 1 fully saturated rings. The first kappa shape index (κ1) is 11.6. The summed E-state index contributed by atoms with van der Waals surface area (Å²) < 4.78 is 0. The van der Waals surface area contributed by atoms with E-state index in [2.05, 4.69) is 4.90 Å². The maximum atomic E-state index is 11.2. The fraction of sp³-hybridized carbons (Fsp3) is 0.385. The molecule has 4 heteroatoms. The first-order chi connectivity index (χ1) is 8.20. The van der Waals surface area contributed by atoms with Crippen molar-refractivity contribution in [2.45, 2.75) is 6.92 Å². The van der Waals surface area contributed by atoms with Crippen LogP contribution in [0.25, 0.3) is 0 Å². The van der Waals surface area contributed by atoms with E-state index < -0.39 is 0 Å². The van der Waals surface area contributed by atoms with Gasteiger partial charge in [0.1, 0.15) is 6.29 Å². The van der Waals surface area contributed by atoms with Crippen molar-refractivity contribution in [2.24, 2.45) is 0 Å². The van der Waals surface area contributed by atoms with Crippen LogP contribution in [0.1, 0.15) is 17.3 Å². The first-order valence-electron chi connectivity index (χ1n) is 5.76. The van der Waals surface area contributed by atoms with Crippen molar-refractivity contribution in [2.75, 3.05) is 31.1 Å². The van der Waals surface area contributed by atoms with Gasteiger partial charge < -0.3 is 9.80 Å². The van der Waals surface area contributed by atoms with Gasteiger partial charge in [0.05, 0.1) is 0 Å². The van der Waals surface area contributed by atoms with E-state index >= 15 is 0 Å². The van der Waals surface area contributed by atoms with Gasteiger partial charge in [0.15, 0.2) is 0 Å². The number of benzene rings is 1. The Bertz CT molecular complexity index is 406. The van der Waals surface area contributed by atoms with Crippen LogP contribution in [-0.2, 0) is 4.79 Å². The molecule has 0 aliphatic carbocycles. The highest BCUT2D eigenvalue weighted by Crippen LogP contribution is 2.16. The van der Waals surface area contributed by atoms with E-state index in [1.807, 2.05) is 29.2 Å². The third-order valence-electron chi connectivity index (χ3n) is 3.12. The quantitative estimate of drug-likeness (QED) is 0.719. The van der Waals surface area contributed by atoms with Crippen molar-refractivity contribution < 1.29 is 9.59 Å². The Labute approximate surface area is 101 Å². The summed E-state index contributed by atoms with van der Waals surface area (Å²) in [4.78, 5) is 25.8. The number of carbonyl (C=O) groups excluding carboxylic acids is 2. The van der Waals surface area contributed by atoms with E-state index in [9.17, 15) is 9.59 Å². The van der Waals surface area contributed by atoms with Crippen molar-refractivity contribution in [3.8, 4) is 0 Å². The molecular weight excluding hydrogens is 216 g/mol. The normalized spacial score (nSPS) is 15.8. The largest absolute Gasteiger partial charge is 0.368 e. The van der Waals surface area contributed by atoms with Gasteiger partial charge in [-0.05, 0) is 24.3 Å². The zero-order chi connectivity index (χ0) is 12.3. The Balaban J connectivity index is 2.00. The molecule has 1 amide bonds. The van der Waals surface area contributed by atoms with E-state index in [-0.39, 0.29) is 5.91 Å². The predicted molar refractivity (Wildman–Crippen MR) is 66.3 cm³/mol. The lowest BCUT2D eigenvalue weighted by molar-refractivity contribution is -0.129. The second-order valence-electron chi connectivity index (χ2n) is 4.20. The van der Waals surface area contributed by atoms with Crippen LogP contribution in [0, 0.1) is 0 Å². The Morgan fingerprint density at radius 3 is 2.18 bits per heavy atom. The summed E-state index contributed by atoms with van der Waals surface area (Å²) in [6.07, 6.45) is 0.845. The van der Waals surface area contributed by atoms with Gasteiger partial charge in [0.2, 0.25) is 5.91 Å². The molecule has 0 unspecified atom stereocenters. The highest BCUT2D eigenvalue weighted by atomic mass is 16.2. The second kappa shape index (κ2) is 4.99. The van der Waals surface area contributed by atoms with Crippen LogP contribution in [0.3, 0.4) is 0 Å². The van der Waals surface area contributed by atoms with Gasteiger partial charge in [-0.25, -0.2) is 0 Å². The van der Waals surface area contributed by atoms with Crippen LogP contribution in [-0.4, -0.2) is 43.3 Å². The van der Waals surface area contributed by atoms with E-state index in [4.69, 9.17) is 0 Å². The van der Waals surface area contributed by atoms with Gasteiger partial charge in [0, 0.05) is 44.4 Å². The Morgan fingerprint density at radius 1 is 1.12 bits per heavy atom. The predicted octanol–water partition coefficient (Wildman–Crippen LogP) is 1.17. The number of hydrogen-bond donors (Lipinski definition) is 0.